The lowest BCUT2D eigenvalue weighted by molar-refractivity contribution is -0.123. The van der Waals surface area contributed by atoms with Crippen LogP contribution in [0.15, 0.2) is 58.3 Å². The standard InChI is InChI=1S/C20H24N2O6S2/c1-14-4-8-17(9-5-14)29(24,25)22-13-16(12-19(22)20(23)21-3)28-30(26,27)18-10-6-15(2)7-11-18/h4-11,16,19H,12-13H2,1-3H3,(H,21,23)/t16-,19-/m0/s1. The van der Waals surface area contributed by atoms with Crippen LogP contribution in [0.25, 0.3) is 0 Å². The molecule has 2 atom stereocenters. The van der Waals surface area contributed by atoms with Crippen molar-refractivity contribution in [3.8, 4) is 0 Å². The van der Waals surface area contributed by atoms with Crippen molar-refractivity contribution in [2.45, 2.75) is 42.2 Å². The molecule has 1 fully saturated rings. The highest BCUT2D eigenvalue weighted by Gasteiger charge is 2.45. The summed E-state index contributed by atoms with van der Waals surface area (Å²) in [6, 6.07) is 11.3. The van der Waals surface area contributed by atoms with E-state index in [0.717, 1.165) is 15.4 Å². The Morgan fingerprint density at radius 2 is 1.43 bits per heavy atom. The Hall–Kier alpha value is -2.27. The van der Waals surface area contributed by atoms with Crippen LogP contribution >= 0.6 is 0 Å². The molecule has 2 aromatic carbocycles. The number of nitrogens with one attached hydrogen (secondary N) is 1. The lowest BCUT2D eigenvalue weighted by atomic mass is 10.2. The van der Waals surface area contributed by atoms with E-state index in [2.05, 4.69) is 5.32 Å². The Morgan fingerprint density at radius 1 is 0.933 bits per heavy atom. The van der Waals surface area contributed by atoms with E-state index >= 15 is 0 Å². The van der Waals surface area contributed by atoms with Gasteiger partial charge in [-0.2, -0.15) is 12.7 Å². The summed E-state index contributed by atoms with van der Waals surface area (Å²) in [6.07, 6.45) is -1.06. The van der Waals surface area contributed by atoms with Gasteiger partial charge in [-0.1, -0.05) is 35.4 Å². The first kappa shape index (κ1) is 22.4. The fraction of sp³-hybridized carbons (Fsp3) is 0.350. The van der Waals surface area contributed by atoms with Gasteiger partial charge in [0.1, 0.15) is 6.04 Å². The van der Waals surface area contributed by atoms with Crippen LogP contribution in [0.2, 0.25) is 0 Å². The molecule has 8 nitrogen and oxygen atoms in total. The lowest BCUT2D eigenvalue weighted by Gasteiger charge is -2.22. The highest BCUT2D eigenvalue weighted by atomic mass is 32.2. The Balaban J connectivity index is 1.88. The molecule has 0 radical (unpaired) electrons. The maximum Gasteiger partial charge on any atom is 0.297 e. The number of nitrogens with zero attached hydrogens (tertiary/aromatic N) is 1. The number of hydrogen-bond donors (Lipinski definition) is 1. The third-order valence-corrected chi connectivity index (χ3v) is 8.23. The molecular formula is C20H24N2O6S2. The van der Waals surface area contributed by atoms with Gasteiger partial charge >= 0.3 is 0 Å². The number of hydrogen-bond acceptors (Lipinski definition) is 6. The van der Waals surface area contributed by atoms with E-state index in [1.807, 2.05) is 13.8 Å². The maximum atomic E-state index is 13.1. The van der Waals surface area contributed by atoms with Crippen LogP contribution in [0.5, 0.6) is 0 Å². The lowest BCUT2D eigenvalue weighted by Crippen LogP contribution is -2.44. The molecule has 1 saturated heterocycles. The second kappa shape index (κ2) is 8.46. The van der Waals surface area contributed by atoms with E-state index in [-0.39, 0.29) is 22.8 Å². The molecule has 0 aliphatic carbocycles. The summed E-state index contributed by atoms with van der Waals surface area (Å²) in [5, 5.41) is 2.44. The molecule has 30 heavy (non-hydrogen) atoms. The zero-order chi connectivity index (χ0) is 22.1. The van der Waals surface area contributed by atoms with Crippen LogP contribution in [0.1, 0.15) is 17.5 Å². The van der Waals surface area contributed by atoms with Gasteiger partial charge in [-0.3, -0.25) is 8.98 Å². The molecule has 1 aliphatic rings. The number of likely N-dealkylation sites (N-methyl/N-ethyl adjacent to an activating group) is 1. The molecule has 10 heteroatoms. The average molecular weight is 453 g/mol. The smallest absolute Gasteiger partial charge is 0.297 e. The highest BCUT2D eigenvalue weighted by Crippen LogP contribution is 2.30. The largest absolute Gasteiger partial charge is 0.358 e. The van der Waals surface area contributed by atoms with Crippen molar-refractivity contribution in [3.63, 3.8) is 0 Å². The summed E-state index contributed by atoms with van der Waals surface area (Å²) in [7, 11) is -6.73. The number of sulfonamides is 1. The zero-order valence-corrected chi connectivity index (χ0v) is 18.5. The SMILES string of the molecule is CNC(=O)[C@@H]1C[C@H](OS(=O)(=O)c2ccc(C)cc2)CN1S(=O)(=O)c1ccc(C)cc1. The summed E-state index contributed by atoms with van der Waals surface area (Å²) in [5.74, 6) is -0.524. The monoisotopic (exact) mass is 452 g/mol. The van der Waals surface area contributed by atoms with Gasteiger partial charge in [0.25, 0.3) is 10.1 Å². The summed E-state index contributed by atoms with van der Waals surface area (Å²) >= 11 is 0. The van der Waals surface area contributed by atoms with E-state index < -0.39 is 38.2 Å². The van der Waals surface area contributed by atoms with Gasteiger partial charge in [-0.25, -0.2) is 8.42 Å². The van der Waals surface area contributed by atoms with Crippen LogP contribution < -0.4 is 5.32 Å². The molecule has 1 heterocycles. The van der Waals surface area contributed by atoms with Gasteiger partial charge < -0.3 is 5.32 Å². The summed E-state index contributed by atoms with van der Waals surface area (Å²) in [4.78, 5) is 12.4. The van der Waals surface area contributed by atoms with E-state index in [1.54, 1.807) is 24.3 Å². The molecule has 3 rings (SSSR count). The molecule has 1 aliphatic heterocycles. The van der Waals surface area contributed by atoms with Crippen LogP contribution in [0.3, 0.4) is 0 Å². The van der Waals surface area contributed by atoms with Crippen molar-refractivity contribution < 1.29 is 25.8 Å². The van der Waals surface area contributed by atoms with Crippen molar-refractivity contribution in [1.82, 2.24) is 9.62 Å². The number of amides is 1. The quantitative estimate of drug-likeness (QED) is 0.667. The van der Waals surface area contributed by atoms with Crippen molar-refractivity contribution in [1.29, 1.82) is 0 Å². The first-order chi connectivity index (χ1) is 14.0. The van der Waals surface area contributed by atoms with Crippen LogP contribution in [0.4, 0.5) is 0 Å². The molecular weight excluding hydrogens is 428 g/mol. The second-order valence-electron chi connectivity index (χ2n) is 7.24. The molecule has 0 bridgehead atoms. The van der Waals surface area contributed by atoms with Crippen LogP contribution in [-0.2, 0) is 29.1 Å². The third kappa shape index (κ3) is 4.56. The fourth-order valence-corrected chi connectivity index (χ4v) is 6.00. The van der Waals surface area contributed by atoms with E-state index in [1.165, 1.54) is 31.3 Å². The first-order valence-electron chi connectivity index (χ1n) is 9.34. The molecule has 0 spiro atoms. The van der Waals surface area contributed by atoms with Gasteiger partial charge in [0.15, 0.2) is 0 Å². The minimum absolute atomic E-state index is 0.0237. The number of rotatable bonds is 6. The average Bonchev–Trinajstić information content (AvgIpc) is 3.12. The van der Waals surface area contributed by atoms with E-state index in [9.17, 15) is 21.6 Å². The van der Waals surface area contributed by atoms with Crippen molar-refractivity contribution >= 4 is 26.0 Å². The van der Waals surface area contributed by atoms with Gasteiger partial charge in [0.2, 0.25) is 15.9 Å². The molecule has 0 saturated carbocycles. The Kier molecular flexibility index (Phi) is 6.32. The number of carbonyl (C=O) groups excluding carboxylic acids is 1. The predicted octanol–water partition coefficient (Wildman–Crippen LogP) is 1.59. The van der Waals surface area contributed by atoms with Gasteiger partial charge in [0.05, 0.1) is 15.9 Å². The summed E-state index contributed by atoms with van der Waals surface area (Å²) in [5.41, 5.74) is 1.79. The molecule has 1 amide bonds. The number of carbonyl (C=O) groups is 1. The zero-order valence-electron chi connectivity index (χ0n) is 16.9. The first-order valence-corrected chi connectivity index (χ1v) is 12.2. The minimum Gasteiger partial charge on any atom is -0.358 e. The maximum absolute atomic E-state index is 13.1. The van der Waals surface area contributed by atoms with Crippen molar-refractivity contribution in [3.05, 3.63) is 59.7 Å². The molecule has 1 N–H and O–H groups in total. The van der Waals surface area contributed by atoms with E-state index in [4.69, 9.17) is 4.18 Å². The van der Waals surface area contributed by atoms with Crippen molar-refractivity contribution in [2.24, 2.45) is 0 Å². The van der Waals surface area contributed by atoms with Gasteiger partial charge in [0, 0.05) is 20.0 Å². The Morgan fingerprint density at radius 3 is 1.93 bits per heavy atom. The van der Waals surface area contributed by atoms with Crippen LogP contribution in [0, 0.1) is 13.8 Å². The fourth-order valence-electron chi connectivity index (χ4n) is 3.29. The molecule has 0 unspecified atom stereocenters. The Labute approximate surface area is 177 Å². The molecule has 0 aromatic heterocycles. The summed E-state index contributed by atoms with van der Waals surface area (Å²) in [6.45, 7) is 3.41. The van der Waals surface area contributed by atoms with Gasteiger partial charge in [-0.05, 0) is 38.1 Å². The Bertz CT molecular complexity index is 1130. The number of benzene rings is 2. The van der Waals surface area contributed by atoms with E-state index in [0.29, 0.717) is 0 Å². The minimum atomic E-state index is -4.11. The normalized spacial score (nSPS) is 20.2. The van der Waals surface area contributed by atoms with Gasteiger partial charge in [-0.15, -0.1) is 0 Å². The third-order valence-electron chi connectivity index (χ3n) is 4.97. The molecule has 2 aromatic rings. The van der Waals surface area contributed by atoms with Crippen molar-refractivity contribution in [2.75, 3.05) is 13.6 Å². The second-order valence-corrected chi connectivity index (χ2v) is 10.7. The topological polar surface area (TPSA) is 110 Å². The summed E-state index contributed by atoms with van der Waals surface area (Å²) < 4.78 is 57.8. The highest BCUT2D eigenvalue weighted by molar-refractivity contribution is 7.89. The predicted molar refractivity (Wildman–Crippen MR) is 111 cm³/mol. The molecule has 162 valence electrons. The van der Waals surface area contributed by atoms with Crippen LogP contribution in [-0.4, -0.2) is 52.8 Å². The number of aryl methyl sites for hydroxylation is 2.